The van der Waals surface area contributed by atoms with Crippen molar-refractivity contribution in [2.75, 3.05) is 11.5 Å². The summed E-state index contributed by atoms with van der Waals surface area (Å²) in [6, 6.07) is 25.2. The molecule has 0 radical (unpaired) electrons. The molecular weight excluding hydrogens is 596 g/mol. The van der Waals surface area contributed by atoms with Gasteiger partial charge in [0.15, 0.2) is 0 Å². The minimum atomic E-state index is -0.125. The number of benzene rings is 3. The standard InChI is InChI=1S/C42H54N2O4/c1-27(15-18-40(45)48-30-11-5-4-6-12-30)35-16-17-36-34-26-39(47-32-14-8-10-29(44)24-32)38-25-33(46-31-13-7-9-28(43)23-31)19-21-42(38,3)37(34)20-22-41(35,36)2/h4-14,23-24,27,33-39H,15-22,25-26,43-44H2,1-3H3/t27-,33?,34+,35-,36+,37+,38?,39?,41-,42-/m1/s1. The van der Waals surface area contributed by atoms with Gasteiger partial charge in [0.25, 0.3) is 0 Å². The Morgan fingerprint density at radius 1 is 0.750 bits per heavy atom. The minimum absolute atomic E-state index is 0.108. The molecule has 0 amide bonds. The average molecular weight is 651 g/mol. The van der Waals surface area contributed by atoms with Crippen LogP contribution in [0.1, 0.15) is 85.0 Å². The summed E-state index contributed by atoms with van der Waals surface area (Å²) in [6.07, 6.45) is 10.9. The fourth-order valence-electron chi connectivity index (χ4n) is 11.2. The lowest BCUT2D eigenvalue weighted by atomic mass is 9.43. The first kappa shape index (κ1) is 32.9. The second-order valence-electron chi connectivity index (χ2n) is 16.1. The highest BCUT2D eigenvalue weighted by Gasteiger charge is 2.63. The molecule has 4 fully saturated rings. The number of anilines is 2. The number of rotatable bonds is 9. The van der Waals surface area contributed by atoms with Gasteiger partial charge >= 0.3 is 5.97 Å². The zero-order valence-corrected chi connectivity index (χ0v) is 29.0. The van der Waals surface area contributed by atoms with E-state index in [0.29, 0.717) is 47.7 Å². The molecule has 0 saturated heterocycles. The van der Waals surface area contributed by atoms with Gasteiger partial charge in [-0.25, -0.2) is 0 Å². The van der Waals surface area contributed by atoms with E-state index in [4.69, 9.17) is 25.7 Å². The van der Waals surface area contributed by atoms with Crippen molar-refractivity contribution < 1.29 is 19.0 Å². The Bertz CT molecular complexity index is 1580. The Balaban J connectivity index is 1.09. The van der Waals surface area contributed by atoms with Crippen molar-refractivity contribution in [3.05, 3.63) is 78.9 Å². The van der Waals surface area contributed by atoms with Crippen molar-refractivity contribution in [1.29, 1.82) is 0 Å². The molecule has 4 aliphatic carbocycles. The fraction of sp³-hybridized carbons (Fsp3) is 0.548. The summed E-state index contributed by atoms with van der Waals surface area (Å²) in [5.41, 5.74) is 14.3. The van der Waals surface area contributed by atoms with Crippen LogP contribution in [0.4, 0.5) is 11.4 Å². The van der Waals surface area contributed by atoms with Crippen molar-refractivity contribution in [3.8, 4) is 17.2 Å². The minimum Gasteiger partial charge on any atom is -0.490 e. The molecule has 0 bridgehead atoms. The fourth-order valence-corrected chi connectivity index (χ4v) is 11.2. The van der Waals surface area contributed by atoms with Crippen LogP contribution >= 0.6 is 0 Å². The number of nitrogens with two attached hydrogens (primary N) is 2. The molecule has 0 spiro atoms. The number of para-hydroxylation sites is 1. The second kappa shape index (κ2) is 13.3. The lowest BCUT2D eigenvalue weighted by Crippen LogP contribution is -2.59. The topological polar surface area (TPSA) is 96.8 Å². The van der Waals surface area contributed by atoms with Crippen molar-refractivity contribution in [2.24, 2.45) is 46.3 Å². The summed E-state index contributed by atoms with van der Waals surface area (Å²) >= 11 is 0. The maximum absolute atomic E-state index is 12.7. The quantitative estimate of drug-likeness (QED) is 0.136. The van der Waals surface area contributed by atoms with E-state index in [2.05, 4.69) is 26.8 Å². The van der Waals surface area contributed by atoms with E-state index in [-0.39, 0.29) is 29.0 Å². The molecule has 3 aromatic rings. The van der Waals surface area contributed by atoms with Crippen LogP contribution in [0.25, 0.3) is 0 Å². The molecule has 6 nitrogen and oxygen atoms in total. The van der Waals surface area contributed by atoms with Crippen LogP contribution in [0.2, 0.25) is 0 Å². The molecule has 3 unspecified atom stereocenters. The van der Waals surface area contributed by atoms with Gasteiger partial charge in [-0.15, -0.1) is 0 Å². The number of esters is 1. The number of ether oxygens (including phenoxy) is 3. The van der Waals surface area contributed by atoms with Gasteiger partial charge in [-0.05, 0) is 135 Å². The smallest absolute Gasteiger partial charge is 0.311 e. The molecule has 6 heteroatoms. The summed E-state index contributed by atoms with van der Waals surface area (Å²) in [5.74, 6) is 5.72. The molecule has 4 N–H and O–H groups in total. The number of fused-ring (bicyclic) bond motifs is 5. The molecule has 48 heavy (non-hydrogen) atoms. The number of carbonyl (C=O) groups is 1. The number of hydrogen-bond acceptors (Lipinski definition) is 6. The summed E-state index contributed by atoms with van der Waals surface area (Å²) in [7, 11) is 0. The molecule has 3 aromatic carbocycles. The lowest BCUT2D eigenvalue weighted by Gasteiger charge is -2.63. The van der Waals surface area contributed by atoms with Crippen molar-refractivity contribution in [2.45, 2.75) is 97.2 Å². The van der Waals surface area contributed by atoms with E-state index in [0.717, 1.165) is 55.0 Å². The first-order valence-electron chi connectivity index (χ1n) is 18.4. The first-order chi connectivity index (χ1) is 23.1. The zero-order valence-electron chi connectivity index (χ0n) is 29.0. The van der Waals surface area contributed by atoms with Gasteiger partial charge in [0.05, 0.1) is 6.10 Å². The highest BCUT2D eigenvalue weighted by molar-refractivity contribution is 5.72. The van der Waals surface area contributed by atoms with Crippen molar-refractivity contribution in [1.82, 2.24) is 0 Å². The number of carbonyl (C=O) groups excluding carboxylic acids is 1. The number of hydrogen-bond donors (Lipinski definition) is 2. The first-order valence-corrected chi connectivity index (χ1v) is 18.4. The Kier molecular flexibility index (Phi) is 9.12. The van der Waals surface area contributed by atoms with Gasteiger partial charge < -0.3 is 25.7 Å². The van der Waals surface area contributed by atoms with E-state index < -0.39 is 0 Å². The largest absolute Gasteiger partial charge is 0.490 e. The summed E-state index contributed by atoms with van der Waals surface area (Å²) in [6.45, 7) is 7.55. The highest BCUT2D eigenvalue weighted by Crippen LogP contribution is 2.68. The molecular formula is C42H54N2O4. The van der Waals surface area contributed by atoms with Gasteiger partial charge in [0.2, 0.25) is 0 Å². The van der Waals surface area contributed by atoms with Crippen molar-refractivity contribution >= 4 is 17.3 Å². The zero-order chi connectivity index (χ0) is 33.5. The van der Waals surface area contributed by atoms with E-state index in [1.165, 1.54) is 25.7 Å². The maximum Gasteiger partial charge on any atom is 0.311 e. The Morgan fingerprint density at radius 3 is 2.10 bits per heavy atom. The van der Waals surface area contributed by atoms with Gasteiger partial charge in [-0.3, -0.25) is 4.79 Å². The summed E-state index contributed by atoms with van der Waals surface area (Å²) < 4.78 is 19.2. The van der Waals surface area contributed by atoms with Gasteiger partial charge in [-0.1, -0.05) is 51.1 Å². The third kappa shape index (κ3) is 6.40. The van der Waals surface area contributed by atoms with Crippen molar-refractivity contribution in [3.63, 3.8) is 0 Å². The lowest BCUT2D eigenvalue weighted by molar-refractivity contribution is -0.164. The van der Waals surface area contributed by atoms with Crippen LogP contribution in [-0.2, 0) is 4.79 Å². The molecule has 10 atom stereocenters. The van der Waals surface area contributed by atoms with Crippen LogP contribution in [0.5, 0.6) is 17.2 Å². The Hall–Kier alpha value is -3.67. The van der Waals surface area contributed by atoms with E-state index >= 15 is 0 Å². The van der Waals surface area contributed by atoms with Crippen LogP contribution in [0.15, 0.2) is 78.9 Å². The third-order valence-corrected chi connectivity index (χ3v) is 13.5. The third-order valence-electron chi connectivity index (χ3n) is 13.5. The normalized spacial score (nSPS) is 34.6. The Labute approximate surface area is 286 Å². The second-order valence-corrected chi connectivity index (χ2v) is 16.1. The molecule has 256 valence electrons. The summed E-state index contributed by atoms with van der Waals surface area (Å²) in [4.78, 5) is 12.7. The molecule has 4 saturated carbocycles. The molecule has 7 rings (SSSR count). The SMILES string of the molecule is C[C@H](CCC(=O)Oc1ccccc1)[C@H]1CC[C@H]2[C@@H]3CC(Oc4cccc(N)c4)C4CC(Oc5cccc(N)c5)CC[C@]4(C)[C@H]3CC[C@]12C. The van der Waals surface area contributed by atoms with Crippen LogP contribution in [0, 0.1) is 46.3 Å². The predicted octanol–water partition coefficient (Wildman–Crippen LogP) is 9.34. The van der Waals surface area contributed by atoms with Gasteiger partial charge in [-0.2, -0.15) is 0 Å². The molecule has 0 heterocycles. The Morgan fingerprint density at radius 2 is 1.40 bits per heavy atom. The van der Waals surface area contributed by atoms with Crippen LogP contribution in [0.3, 0.4) is 0 Å². The van der Waals surface area contributed by atoms with Crippen LogP contribution < -0.4 is 25.7 Å². The highest BCUT2D eigenvalue weighted by atomic mass is 16.5. The molecule has 0 aromatic heterocycles. The molecule has 4 aliphatic rings. The average Bonchev–Trinajstić information content (AvgIpc) is 3.42. The maximum atomic E-state index is 12.7. The van der Waals surface area contributed by atoms with E-state index in [9.17, 15) is 4.79 Å². The molecule has 0 aliphatic heterocycles. The monoisotopic (exact) mass is 650 g/mol. The van der Waals surface area contributed by atoms with E-state index in [1.807, 2.05) is 72.8 Å². The van der Waals surface area contributed by atoms with Gasteiger partial charge in [0, 0.05) is 35.8 Å². The van der Waals surface area contributed by atoms with Crippen LogP contribution in [-0.4, -0.2) is 18.2 Å². The van der Waals surface area contributed by atoms with Gasteiger partial charge in [0.1, 0.15) is 23.4 Å². The number of nitrogen functional groups attached to an aromatic ring is 2. The van der Waals surface area contributed by atoms with E-state index in [1.54, 1.807) is 0 Å². The predicted molar refractivity (Wildman–Crippen MR) is 192 cm³/mol. The summed E-state index contributed by atoms with van der Waals surface area (Å²) in [5, 5.41) is 0.